The smallest absolute Gasteiger partial charge is 0.318 e. The number of morpholine rings is 1. The van der Waals surface area contributed by atoms with Crippen molar-refractivity contribution in [3.8, 4) is 11.4 Å². The van der Waals surface area contributed by atoms with Gasteiger partial charge in [0.2, 0.25) is 5.91 Å². The van der Waals surface area contributed by atoms with Gasteiger partial charge in [-0.1, -0.05) is 26.2 Å². The van der Waals surface area contributed by atoms with E-state index in [2.05, 4.69) is 22.5 Å². The summed E-state index contributed by atoms with van der Waals surface area (Å²) in [4.78, 5) is 39.0. The van der Waals surface area contributed by atoms with Crippen LogP contribution in [-0.4, -0.2) is 65.7 Å². The molecule has 0 radical (unpaired) electrons. The molecule has 37 heavy (non-hydrogen) atoms. The van der Waals surface area contributed by atoms with Crippen LogP contribution in [0, 0.1) is 0 Å². The second-order valence-corrected chi connectivity index (χ2v) is 10.3. The molecule has 3 aliphatic rings. The molecular formula is C28H38N6O3. The Labute approximate surface area is 219 Å². The zero-order valence-electron chi connectivity index (χ0n) is 22.0. The number of hydrogen-bond acceptors (Lipinski definition) is 6. The molecule has 2 aromatic rings. The van der Waals surface area contributed by atoms with E-state index in [1.165, 1.54) is 12.8 Å². The van der Waals surface area contributed by atoms with Gasteiger partial charge in [-0.25, -0.2) is 14.8 Å². The average molecular weight is 507 g/mol. The summed E-state index contributed by atoms with van der Waals surface area (Å²) in [6.45, 7) is 5.11. The quantitative estimate of drug-likeness (QED) is 0.523. The molecule has 2 fully saturated rings. The second kappa shape index (κ2) is 11.5. The molecule has 1 aromatic carbocycles. The fourth-order valence-electron chi connectivity index (χ4n) is 5.56. The molecule has 0 aliphatic carbocycles. The van der Waals surface area contributed by atoms with Crippen LogP contribution in [0.4, 0.5) is 16.3 Å². The first-order valence-electron chi connectivity index (χ1n) is 13.7. The number of ether oxygens (including phenoxy) is 1. The molecule has 9 heteroatoms. The molecule has 9 nitrogen and oxygen atoms in total. The van der Waals surface area contributed by atoms with Crippen LogP contribution in [0.25, 0.3) is 11.4 Å². The number of hydrogen-bond donors (Lipinski definition) is 2. The monoisotopic (exact) mass is 506 g/mol. The van der Waals surface area contributed by atoms with Crippen molar-refractivity contribution in [2.24, 2.45) is 0 Å². The highest BCUT2D eigenvalue weighted by molar-refractivity contribution is 5.89. The van der Waals surface area contributed by atoms with E-state index in [1.54, 1.807) is 7.05 Å². The normalized spacial score (nSPS) is 20.5. The first-order valence-corrected chi connectivity index (χ1v) is 13.7. The van der Waals surface area contributed by atoms with Crippen molar-refractivity contribution >= 4 is 23.4 Å². The zero-order valence-corrected chi connectivity index (χ0v) is 22.0. The lowest BCUT2D eigenvalue weighted by Gasteiger charge is -2.36. The van der Waals surface area contributed by atoms with E-state index in [9.17, 15) is 9.59 Å². The zero-order chi connectivity index (χ0) is 25.8. The van der Waals surface area contributed by atoms with Crippen LogP contribution in [-0.2, 0) is 22.5 Å². The minimum Gasteiger partial charge on any atom is -0.371 e. The number of carbonyl (C=O) groups is 2. The van der Waals surface area contributed by atoms with Gasteiger partial charge >= 0.3 is 6.03 Å². The maximum atomic E-state index is 13.0. The van der Waals surface area contributed by atoms with Crippen molar-refractivity contribution in [3.63, 3.8) is 0 Å². The molecular weight excluding hydrogens is 468 g/mol. The Balaban J connectivity index is 1.41. The van der Waals surface area contributed by atoms with E-state index in [0.29, 0.717) is 31.0 Å². The predicted molar refractivity (Wildman–Crippen MR) is 144 cm³/mol. The molecule has 1 aromatic heterocycles. The number of nitrogens with one attached hydrogen (secondary N) is 2. The molecule has 2 N–H and O–H groups in total. The highest BCUT2D eigenvalue weighted by Gasteiger charge is 2.36. The first kappa shape index (κ1) is 25.4. The van der Waals surface area contributed by atoms with Crippen LogP contribution in [0.15, 0.2) is 24.3 Å². The van der Waals surface area contributed by atoms with E-state index < -0.39 is 0 Å². The third kappa shape index (κ3) is 5.87. The molecule has 0 saturated carbocycles. The number of unbranched alkanes of at least 4 members (excludes halogenated alkanes) is 3. The largest absolute Gasteiger partial charge is 0.371 e. The van der Waals surface area contributed by atoms with Gasteiger partial charge in [0.1, 0.15) is 5.82 Å². The number of benzene rings is 1. The standard InChI is InChI=1S/C28H38N6O3/c1-3-4-5-6-7-25(35)33-15-14-23-24(18-33)31-26(19-8-10-20(11-9-19)30-28(36)29-2)32-27(23)34-16-21-12-13-22(17-34)37-21/h8-11,21-22H,3-7,12-18H2,1-2H3,(H2,29,30,36). The molecule has 4 heterocycles. The Morgan fingerprint density at radius 1 is 1.05 bits per heavy atom. The summed E-state index contributed by atoms with van der Waals surface area (Å²) in [6, 6.07) is 7.31. The SMILES string of the molecule is CCCCCCC(=O)N1CCc2c(nc(-c3ccc(NC(=O)NC)cc3)nc2N2CC3CCC(C2)O3)C1. The molecule has 0 spiro atoms. The third-order valence-electron chi connectivity index (χ3n) is 7.61. The molecule has 2 unspecified atom stereocenters. The van der Waals surface area contributed by atoms with Gasteiger partial charge in [0.25, 0.3) is 0 Å². The van der Waals surface area contributed by atoms with Crippen LogP contribution >= 0.6 is 0 Å². The lowest BCUT2D eigenvalue weighted by Crippen LogP contribution is -2.44. The van der Waals surface area contributed by atoms with E-state index >= 15 is 0 Å². The minimum atomic E-state index is -0.263. The molecule has 3 aliphatic heterocycles. The van der Waals surface area contributed by atoms with Crippen LogP contribution in [0.5, 0.6) is 0 Å². The Hall–Kier alpha value is -3.20. The van der Waals surface area contributed by atoms with E-state index in [-0.39, 0.29) is 24.1 Å². The predicted octanol–water partition coefficient (Wildman–Crippen LogP) is 4.12. The summed E-state index contributed by atoms with van der Waals surface area (Å²) in [5.74, 6) is 1.86. The van der Waals surface area contributed by atoms with Crippen molar-refractivity contribution in [3.05, 3.63) is 35.5 Å². The van der Waals surface area contributed by atoms with Crippen molar-refractivity contribution in [2.75, 3.05) is 36.9 Å². The number of amides is 3. The number of nitrogens with zero attached hydrogens (tertiary/aromatic N) is 4. The number of urea groups is 1. The molecule has 2 atom stereocenters. The number of fused-ring (bicyclic) bond motifs is 3. The van der Waals surface area contributed by atoms with Crippen LogP contribution in [0.2, 0.25) is 0 Å². The first-order chi connectivity index (χ1) is 18.0. The van der Waals surface area contributed by atoms with Gasteiger partial charge in [0, 0.05) is 49.9 Å². The Morgan fingerprint density at radius 2 is 1.81 bits per heavy atom. The number of anilines is 2. The number of rotatable bonds is 8. The van der Waals surface area contributed by atoms with Gasteiger partial charge in [0.15, 0.2) is 5.82 Å². The fourth-order valence-corrected chi connectivity index (χ4v) is 5.56. The molecule has 3 amide bonds. The fraction of sp³-hybridized carbons (Fsp3) is 0.571. The summed E-state index contributed by atoms with van der Waals surface area (Å²) in [7, 11) is 1.59. The van der Waals surface area contributed by atoms with Gasteiger partial charge in [-0.3, -0.25) is 4.79 Å². The summed E-state index contributed by atoms with van der Waals surface area (Å²) in [6.07, 6.45) is 8.48. The maximum Gasteiger partial charge on any atom is 0.318 e. The van der Waals surface area contributed by atoms with Crippen molar-refractivity contribution < 1.29 is 14.3 Å². The van der Waals surface area contributed by atoms with Crippen LogP contribution in [0.3, 0.4) is 0 Å². The average Bonchev–Trinajstić information content (AvgIpc) is 3.27. The van der Waals surface area contributed by atoms with E-state index in [4.69, 9.17) is 14.7 Å². The van der Waals surface area contributed by atoms with Gasteiger partial charge < -0.3 is 25.2 Å². The summed E-state index contributed by atoms with van der Waals surface area (Å²) >= 11 is 0. The van der Waals surface area contributed by atoms with Crippen LogP contribution in [0.1, 0.15) is 63.1 Å². The molecule has 198 valence electrons. The van der Waals surface area contributed by atoms with Gasteiger partial charge in [-0.05, 0) is 49.9 Å². The maximum absolute atomic E-state index is 13.0. The van der Waals surface area contributed by atoms with Crippen molar-refractivity contribution in [2.45, 2.75) is 77.0 Å². The minimum absolute atomic E-state index is 0.220. The van der Waals surface area contributed by atoms with Crippen molar-refractivity contribution in [1.29, 1.82) is 0 Å². The van der Waals surface area contributed by atoms with E-state index in [0.717, 1.165) is 67.8 Å². The highest BCUT2D eigenvalue weighted by Crippen LogP contribution is 2.34. The van der Waals surface area contributed by atoms with Gasteiger partial charge in [0.05, 0.1) is 24.4 Å². The Bertz CT molecular complexity index is 1110. The molecule has 2 bridgehead atoms. The summed E-state index contributed by atoms with van der Waals surface area (Å²) in [5.41, 5.74) is 3.69. The summed E-state index contributed by atoms with van der Waals surface area (Å²) in [5, 5.41) is 5.34. The number of carbonyl (C=O) groups excluding carboxylic acids is 2. The van der Waals surface area contributed by atoms with E-state index in [1.807, 2.05) is 29.2 Å². The second-order valence-electron chi connectivity index (χ2n) is 10.3. The third-order valence-corrected chi connectivity index (χ3v) is 7.61. The van der Waals surface area contributed by atoms with Crippen LogP contribution < -0.4 is 15.5 Å². The topological polar surface area (TPSA) is 99.7 Å². The molecule has 2 saturated heterocycles. The van der Waals surface area contributed by atoms with Gasteiger partial charge in [-0.2, -0.15) is 0 Å². The Kier molecular flexibility index (Phi) is 7.88. The lowest BCUT2D eigenvalue weighted by molar-refractivity contribution is -0.132. The Morgan fingerprint density at radius 3 is 2.51 bits per heavy atom. The summed E-state index contributed by atoms with van der Waals surface area (Å²) < 4.78 is 6.09. The number of aromatic nitrogens is 2. The highest BCUT2D eigenvalue weighted by atomic mass is 16.5. The molecule has 5 rings (SSSR count). The van der Waals surface area contributed by atoms with Crippen molar-refractivity contribution in [1.82, 2.24) is 20.2 Å². The lowest BCUT2D eigenvalue weighted by atomic mass is 10.0. The van der Waals surface area contributed by atoms with Gasteiger partial charge in [-0.15, -0.1) is 0 Å².